The van der Waals surface area contributed by atoms with Gasteiger partial charge in [0, 0.05) is 17.9 Å². The summed E-state index contributed by atoms with van der Waals surface area (Å²) in [6.45, 7) is 12.8. The monoisotopic (exact) mass is 420 g/mol. The number of rotatable bonds is 4. The van der Waals surface area contributed by atoms with Crippen LogP contribution in [0.1, 0.15) is 47.0 Å². The first-order valence-corrected chi connectivity index (χ1v) is 14.5. The Kier molecular flexibility index (Phi) is 5.54. The molecule has 2 aliphatic rings. The van der Waals surface area contributed by atoms with Gasteiger partial charge in [0.1, 0.15) is 0 Å². The van der Waals surface area contributed by atoms with Gasteiger partial charge in [0.25, 0.3) is 0 Å². The minimum Gasteiger partial charge on any atom is -0.413 e. The number of carbonyl (C=O) groups excluding carboxylic acids is 1. The van der Waals surface area contributed by atoms with E-state index in [2.05, 4.69) is 33.9 Å². The maximum absolute atomic E-state index is 13.5. The summed E-state index contributed by atoms with van der Waals surface area (Å²) in [6.07, 6.45) is 1.25. The molecule has 0 N–H and O–H groups in total. The standard InChI is InChI=1S/C22H32O4SSi/c1-15-14-19(27(24,25)16-10-8-7-9-11-16)21-18(13-12-17(23)20(15)21)26-28(5,6)22(2,3)4/h7-11,18-19,21H,12-14H2,1-6H3/t18-,19+,21-/m0/s1. The Morgan fingerprint density at radius 2 is 1.71 bits per heavy atom. The molecular formula is C22H32O4SSi. The Labute approximate surface area is 170 Å². The van der Waals surface area contributed by atoms with Gasteiger partial charge in [0.05, 0.1) is 16.2 Å². The summed E-state index contributed by atoms with van der Waals surface area (Å²) in [6, 6.07) is 8.61. The Bertz CT molecular complexity index is 894. The lowest BCUT2D eigenvalue weighted by Gasteiger charge is -2.43. The molecule has 0 amide bonds. The summed E-state index contributed by atoms with van der Waals surface area (Å²) >= 11 is 0. The van der Waals surface area contributed by atoms with Crippen LogP contribution in [0, 0.1) is 5.92 Å². The molecule has 0 saturated heterocycles. The number of sulfone groups is 1. The van der Waals surface area contributed by atoms with E-state index in [0.717, 1.165) is 11.1 Å². The van der Waals surface area contributed by atoms with Crippen LogP contribution in [0.5, 0.6) is 0 Å². The van der Waals surface area contributed by atoms with Crippen molar-refractivity contribution in [2.75, 3.05) is 0 Å². The van der Waals surface area contributed by atoms with Gasteiger partial charge in [-0.3, -0.25) is 4.79 Å². The highest BCUT2D eigenvalue weighted by molar-refractivity contribution is 7.92. The summed E-state index contributed by atoms with van der Waals surface area (Å²) in [7, 11) is -5.64. The van der Waals surface area contributed by atoms with Crippen LogP contribution in [0.15, 0.2) is 46.4 Å². The van der Waals surface area contributed by atoms with Crippen molar-refractivity contribution >= 4 is 23.9 Å². The summed E-state index contributed by atoms with van der Waals surface area (Å²) in [5.41, 5.74) is 1.64. The second-order valence-corrected chi connectivity index (χ2v) is 16.6. The zero-order chi connectivity index (χ0) is 20.9. The lowest BCUT2D eigenvalue weighted by Crippen LogP contribution is -2.50. The number of ketones is 1. The van der Waals surface area contributed by atoms with Gasteiger partial charge in [-0.05, 0) is 50.0 Å². The molecule has 0 heterocycles. The molecule has 0 spiro atoms. The third-order valence-electron chi connectivity index (χ3n) is 6.78. The van der Waals surface area contributed by atoms with Gasteiger partial charge in [-0.1, -0.05) is 44.5 Å². The second-order valence-electron chi connectivity index (χ2n) is 9.70. The van der Waals surface area contributed by atoms with E-state index in [4.69, 9.17) is 4.43 Å². The van der Waals surface area contributed by atoms with Gasteiger partial charge >= 0.3 is 0 Å². The van der Waals surface area contributed by atoms with Gasteiger partial charge in [0.2, 0.25) is 0 Å². The van der Waals surface area contributed by atoms with E-state index in [0.29, 0.717) is 24.2 Å². The topological polar surface area (TPSA) is 60.4 Å². The number of fused-ring (bicyclic) bond motifs is 1. The van der Waals surface area contributed by atoms with Gasteiger partial charge in [0.15, 0.2) is 23.9 Å². The molecule has 28 heavy (non-hydrogen) atoms. The molecule has 1 aromatic carbocycles. The Hall–Kier alpha value is -1.24. The van der Waals surface area contributed by atoms with E-state index in [1.165, 1.54) is 0 Å². The van der Waals surface area contributed by atoms with Crippen molar-refractivity contribution in [3.63, 3.8) is 0 Å². The number of allylic oxidation sites excluding steroid dienone is 1. The largest absolute Gasteiger partial charge is 0.413 e. The molecule has 0 unspecified atom stereocenters. The number of benzene rings is 1. The minimum absolute atomic E-state index is 0.0276. The van der Waals surface area contributed by atoms with Crippen molar-refractivity contribution in [2.24, 2.45) is 5.92 Å². The van der Waals surface area contributed by atoms with E-state index < -0.39 is 23.4 Å². The number of hydrogen-bond acceptors (Lipinski definition) is 4. The van der Waals surface area contributed by atoms with E-state index in [9.17, 15) is 13.2 Å². The first-order chi connectivity index (χ1) is 12.9. The fourth-order valence-corrected chi connectivity index (χ4v) is 7.65. The van der Waals surface area contributed by atoms with Gasteiger partial charge in [-0.25, -0.2) is 8.42 Å². The molecule has 154 valence electrons. The molecule has 0 bridgehead atoms. The van der Waals surface area contributed by atoms with E-state index >= 15 is 0 Å². The second kappa shape index (κ2) is 7.22. The van der Waals surface area contributed by atoms with Crippen LogP contribution >= 0.6 is 0 Å². The molecule has 2 aliphatic carbocycles. The Morgan fingerprint density at radius 3 is 2.29 bits per heavy atom. The van der Waals surface area contributed by atoms with E-state index in [-0.39, 0.29) is 22.8 Å². The van der Waals surface area contributed by atoms with Gasteiger partial charge in [-0.15, -0.1) is 0 Å². The highest BCUT2D eigenvalue weighted by atomic mass is 32.2. The lowest BCUT2D eigenvalue weighted by atomic mass is 9.82. The first-order valence-electron chi connectivity index (χ1n) is 10.1. The van der Waals surface area contributed by atoms with Crippen molar-refractivity contribution in [3.05, 3.63) is 41.5 Å². The molecule has 1 fully saturated rings. The van der Waals surface area contributed by atoms with E-state index in [1.54, 1.807) is 24.3 Å². The quantitative estimate of drug-likeness (QED) is 0.649. The fraction of sp³-hybridized carbons (Fsp3) is 0.591. The molecule has 0 aliphatic heterocycles. The Morgan fingerprint density at radius 1 is 1.11 bits per heavy atom. The van der Waals surface area contributed by atoms with Gasteiger partial charge in [-0.2, -0.15) is 0 Å². The lowest BCUT2D eigenvalue weighted by molar-refractivity contribution is -0.118. The molecule has 3 atom stereocenters. The average Bonchev–Trinajstić information content (AvgIpc) is 2.96. The molecule has 1 aromatic rings. The molecule has 6 heteroatoms. The van der Waals surface area contributed by atoms with Crippen LogP contribution < -0.4 is 0 Å². The zero-order valence-electron chi connectivity index (χ0n) is 17.8. The SMILES string of the molecule is CC1=C2C(=O)CC[C@H](O[Si](C)(C)C(C)(C)C)[C@H]2[C@H](S(=O)(=O)c2ccccc2)C1. The van der Waals surface area contributed by atoms with Gasteiger partial charge < -0.3 is 4.43 Å². The average molecular weight is 421 g/mol. The van der Waals surface area contributed by atoms with Crippen molar-refractivity contribution in [1.29, 1.82) is 0 Å². The van der Waals surface area contributed by atoms with Crippen LogP contribution in [0.2, 0.25) is 18.1 Å². The van der Waals surface area contributed by atoms with Crippen molar-refractivity contribution in [1.82, 2.24) is 0 Å². The summed E-state index contributed by atoms with van der Waals surface area (Å²) in [5, 5.41) is -0.594. The third-order valence-corrected chi connectivity index (χ3v) is 13.5. The molecule has 3 rings (SSSR count). The zero-order valence-corrected chi connectivity index (χ0v) is 19.6. The van der Waals surface area contributed by atoms with Crippen LogP contribution in [-0.2, 0) is 19.1 Å². The normalized spacial score (nSPS) is 26.5. The maximum Gasteiger partial charge on any atom is 0.192 e. The Balaban J connectivity index is 2.02. The number of carbonyl (C=O) groups is 1. The summed E-state index contributed by atoms with van der Waals surface area (Å²) in [4.78, 5) is 13.0. The third kappa shape index (κ3) is 3.66. The highest BCUT2D eigenvalue weighted by Gasteiger charge is 2.52. The van der Waals surface area contributed by atoms with Crippen LogP contribution in [0.25, 0.3) is 0 Å². The minimum atomic E-state index is -3.55. The fourth-order valence-electron chi connectivity index (χ4n) is 4.22. The molecule has 4 nitrogen and oxygen atoms in total. The molecular weight excluding hydrogens is 388 g/mol. The van der Waals surface area contributed by atoms with Crippen LogP contribution in [-0.4, -0.2) is 33.9 Å². The number of hydrogen-bond donors (Lipinski definition) is 0. The van der Waals surface area contributed by atoms with Crippen LogP contribution in [0.3, 0.4) is 0 Å². The van der Waals surface area contributed by atoms with Crippen molar-refractivity contribution < 1.29 is 17.6 Å². The maximum atomic E-state index is 13.5. The smallest absolute Gasteiger partial charge is 0.192 e. The molecule has 0 aromatic heterocycles. The molecule has 1 saturated carbocycles. The summed E-state index contributed by atoms with van der Waals surface area (Å²) in [5.74, 6) is -0.260. The molecule has 0 radical (unpaired) electrons. The highest BCUT2D eigenvalue weighted by Crippen LogP contribution is 2.48. The van der Waals surface area contributed by atoms with Crippen molar-refractivity contribution in [3.8, 4) is 0 Å². The van der Waals surface area contributed by atoms with Crippen LogP contribution in [0.4, 0.5) is 0 Å². The van der Waals surface area contributed by atoms with Crippen molar-refractivity contribution in [2.45, 2.75) is 81.3 Å². The predicted octanol–water partition coefficient (Wildman–Crippen LogP) is 4.92. The number of Topliss-reactive ketones (excluding diaryl/α,β-unsaturated/α-hetero) is 1. The predicted molar refractivity (Wildman–Crippen MR) is 115 cm³/mol. The van der Waals surface area contributed by atoms with E-state index in [1.807, 2.05) is 13.0 Å². The summed E-state index contributed by atoms with van der Waals surface area (Å²) < 4.78 is 33.6. The first kappa shape index (κ1) is 21.5.